The first-order valence-corrected chi connectivity index (χ1v) is 4.99. The van der Waals surface area contributed by atoms with Gasteiger partial charge in [-0.1, -0.05) is 18.5 Å². The van der Waals surface area contributed by atoms with Gasteiger partial charge >= 0.3 is 0 Å². The van der Waals surface area contributed by atoms with Crippen molar-refractivity contribution >= 4 is 17.2 Å². The molecule has 1 aliphatic carbocycles. The molecular weight excluding hydrogens is 200 g/mol. The number of aromatic nitrogens is 4. The molecule has 0 saturated heterocycles. The van der Waals surface area contributed by atoms with E-state index in [1.54, 1.807) is 12.4 Å². The van der Waals surface area contributed by atoms with Gasteiger partial charge in [0, 0.05) is 12.0 Å². The number of fused-ring (bicyclic) bond motifs is 1. The Morgan fingerprint density at radius 3 is 3.00 bits per heavy atom. The summed E-state index contributed by atoms with van der Waals surface area (Å²) < 4.78 is 1.92. The predicted molar refractivity (Wildman–Crippen MR) is 52.3 cm³/mol. The van der Waals surface area contributed by atoms with E-state index >= 15 is 0 Å². The highest BCUT2D eigenvalue weighted by atomic mass is 35.5. The molecule has 2 heterocycles. The third-order valence-electron chi connectivity index (χ3n) is 2.73. The van der Waals surface area contributed by atoms with E-state index in [1.807, 2.05) is 4.40 Å². The largest absolute Gasteiger partial charge is 0.269 e. The van der Waals surface area contributed by atoms with Crippen LogP contribution in [0, 0.1) is 5.92 Å². The van der Waals surface area contributed by atoms with Gasteiger partial charge in [-0.3, -0.25) is 4.40 Å². The van der Waals surface area contributed by atoms with Crippen LogP contribution < -0.4 is 0 Å². The molecule has 0 radical (unpaired) electrons. The number of halogens is 1. The summed E-state index contributed by atoms with van der Waals surface area (Å²) in [6.07, 6.45) is 2.89. The van der Waals surface area contributed by atoms with Gasteiger partial charge < -0.3 is 0 Å². The molecule has 2 unspecified atom stereocenters. The molecular formula is C9H9ClN4. The van der Waals surface area contributed by atoms with E-state index in [2.05, 4.69) is 22.1 Å². The summed E-state index contributed by atoms with van der Waals surface area (Å²) in [5.74, 6) is 2.28. The second-order valence-electron chi connectivity index (χ2n) is 3.82. The summed E-state index contributed by atoms with van der Waals surface area (Å²) in [7, 11) is 0. The summed E-state index contributed by atoms with van der Waals surface area (Å²) in [6.45, 7) is 2.22. The molecule has 0 amide bonds. The Labute approximate surface area is 85.9 Å². The Balaban J connectivity index is 2.17. The first kappa shape index (κ1) is 8.17. The standard InChI is InChI=1S/C9H9ClN4/c1-5-2-6(5)9-13-12-8-3-7(10)11-4-14(8)9/h3-6H,2H2,1H3. The average Bonchev–Trinajstić information content (AvgIpc) is 2.75. The van der Waals surface area contributed by atoms with E-state index in [0.717, 1.165) is 17.4 Å². The zero-order valence-electron chi connectivity index (χ0n) is 7.68. The van der Waals surface area contributed by atoms with Crippen LogP contribution in [-0.2, 0) is 0 Å². The maximum Gasteiger partial charge on any atom is 0.165 e. The average molecular weight is 209 g/mol. The molecule has 2 aromatic rings. The lowest BCUT2D eigenvalue weighted by Crippen LogP contribution is -1.94. The minimum Gasteiger partial charge on any atom is -0.269 e. The molecule has 14 heavy (non-hydrogen) atoms. The molecule has 2 atom stereocenters. The van der Waals surface area contributed by atoms with E-state index in [9.17, 15) is 0 Å². The lowest BCUT2D eigenvalue weighted by molar-refractivity contribution is 0.820. The summed E-state index contributed by atoms with van der Waals surface area (Å²) >= 11 is 5.76. The van der Waals surface area contributed by atoms with Gasteiger partial charge in [0.15, 0.2) is 5.65 Å². The van der Waals surface area contributed by atoms with Crippen LogP contribution in [-0.4, -0.2) is 19.6 Å². The van der Waals surface area contributed by atoms with Crippen molar-refractivity contribution in [3.05, 3.63) is 23.4 Å². The van der Waals surface area contributed by atoms with Crippen LogP contribution in [0.25, 0.3) is 5.65 Å². The monoisotopic (exact) mass is 208 g/mol. The SMILES string of the molecule is CC1CC1c1nnc2cc(Cl)ncn12. The first-order valence-electron chi connectivity index (χ1n) is 4.62. The fraction of sp³-hybridized carbons (Fsp3) is 0.444. The predicted octanol–water partition coefficient (Wildman–Crippen LogP) is 1.90. The fourth-order valence-electron chi connectivity index (χ4n) is 1.72. The van der Waals surface area contributed by atoms with Crippen molar-refractivity contribution in [3.8, 4) is 0 Å². The van der Waals surface area contributed by atoms with Crippen molar-refractivity contribution in [1.29, 1.82) is 0 Å². The van der Waals surface area contributed by atoms with Crippen molar-refractivity contribution < 1.29 is 0 Å². The van der Waals surface area contributed by atoms with E-state index in [1.165, 1.54) is 6.42 Å². The number of rotatable bonds is 1. The van der Waals surface area contributed by atoms with E-state index in [4.69, 9.17) is 11.6 Å². The van der Waals surface area contributed by atoms with Crippen molar-refractivity contribution in [3.63, 3.8) is 0 Å². The molecule has 4 nitrogen and oxygen atoms in total. The van der Waals surface area contributed by atoms with Gasteiger partial charge in [-0.15, -0.1) is 10.2 Å². The molecule has 72 valence electrons. The maximum absolute atomic E-state index is 5.76. The van der Waals surface area contributed by atoms with E-state index in [0.29, 0.717) is 11.1 Å². The van der Waals surface area contributed by atoms with Gasteiger partial charge in [0.05, 0.1) is 0 Å². The van der Waals surface area contributed by atoms with Crippen LogP contribution in [0.5, 0.6) is 0 Å². The third-order valence-corrected chi connectivity index (χ3v) is 2.94. The number of hydrogen-bond acceptors (Lipinski definition) is 3. The fourth-order valence-corrected chi connectivity index (χ4v) is 1.87. The summed E-state index contributed by atoms with van der Waals surface area (Å²) in [6, 6.07) is 1.73. The smallest absolute Gasteiger partial charge is 0.165 e. The maximum atomic E-state index is 5.76. The first-order chi connectivity index (χ1) is 6.75. The van der Waals surface area contributed by atoms with Crippen molar-refractivity contribution in [2.24, 2.45) is 5.92 Å². The zero-order valence-corrected chi connectivity index (χ0v) is 8.44. The van der Waals surface area contributed by atoms with E-state index < -0.39 is 0 Å². The normalized spacial score (nSPS) is 25.6. The van der Waals surface area contributed by atoms with Crippen molar-refractivity contribution in [2.75, 3.05) is 0 Å². The van der Waals surface area contributed by atoms with Gasteiger partial charge in [0.1, 0.15) is 17.3 Å². The van der Waals surface area contributed by atoms with Crippen LogP contribution in [0.3, 0.4) is 0 Å². The topological polar surface area (TPSA) is 43.1 Å². The molecule has 1 aliphatic rings. The van der Waals surface area contributed by atoms with Gasteiger partial charge in [-0.25, -0.2) is 4.98 Å². The highest BCUT2D eigenvalue weighted by molar-refractivity contribution is 6.29. The second-order valence-corrected chi connectivity index (χ2v) is 4.20. The molecule has 0 aromatic carbocycles. The minimum absolute atomic E-state index is 0.459. The molecule has 5 heteroatoms. The number of nitrogens with zero attached hydrogens (tertiary/aromatic N) is 4. The van der Waals surface area contributed by atoms with Crippen LogP contribution in [0.1, 0.15) is 25.1 Å². The minimum atomic E-state index is 0.459. The van der Waals surface area contributed by atoms with Crippen molar-refractivity contribution in [2.45, 2.75) is 19.3 Å². The summed E-state index contributed by atoms with van der Waals surface area (Å²) in [5.41, 5.74) is 0.777. The van der Waals surface area contributed by atoms with Gasteiger partial charge in [0.25, 0.3) is 0 Å². The van der Waals surface area contributed by atoms with E-state index in [-0.39, 0.29) is 0 Å². The van der Waals surface area contributed by atoms with Crippen LogP contribution in [0.15, 0.2) is 12.4 Å². The quantitative estimate of drug-likeness (QED) is 0.673. The third kappa shape index (κ3) is 1.10. The Morgan fingerprint density at radius 2 is 2.29 bits per heavy atom. The molecule has 0 aliphatic heterocycles. The Hall–Kier alpha value is -1.16. The molecule has 0 spiro atoms. The molecule has 1 saturated carbocycles. The lowest BCUT2D eigenvalue weighted by atomic mass is 10.3. The molecule has 0 bridgehead atoms. The van der Waals surface area contributed by atoms with Crippen LogP contribution in [0.2, 0.25) is 5.15 Å². The van der Waals surface area contributed by atoms with Crippen LogP contribution in [0.4, 0.5) is 0 Å². The summed E-state index contributed by atoms with van der Waals surface area (Å²) in [4.78, 5) is 4.02. The second kappa shape index (κ2) is 2.67. The Kier molecular flexibility index (Phi) is 1.56. The molecule has 2 aromatic heterocycles. The van der Waals surface area contributed by atoms with Gasteiger partial charge in [-0.05, 0) is 12.3 Å². The highest BCUT2D eigenvalue weighted by Gasteiger charge is 2.37. The number of hydrogen-bond donors (Lipinski definition) is 0. The van der Waals surface area contributed by atoms with Gasteiger partial charge in [0.2, 0.25) is 0 Å². The lowest BCUT2D eigenvalue weighted by Gasteiger charge is -1.96. The molecule has 1 fully saturated rings. The molecule has 3 rings (SSSR count). The van der Waals surface area contributed by atoms with Crippen molar-refractivity contribution in [1.82, 2.24) is 19.6 Å². The Bertz CT molecular complexity index is 493. The molecule has 0 N–H and O–H groups in total. The zero-order chi connectivity index (χ0) is 9.71. The highest BCUT2D eigenvalue weighted by Crippen LogP contribution is 2.45. The van der Waals surface area contributed by atoms with Crippen LogP contribution >= 0.6 is 11.6 Å². The van der Waals surface area contributed by atoms with Gasteiger partial charge in [-0.2, -0.15) is 0 Å². The Morgan fingerprint density at radius 1 is 1.50 bits per heavy atom. The summed E-state index contributed by atoms with van der Waals surface area (Å²) in [5, 5.41) is 8.69.